The summed E-state index contributed by atoms with van der Waals surface area (Å²) in [5, 5.41) is 0. The topological polar surface area (TPSA) is 18.5 Å². The molecule has 0 amide bonds. The van der Waals surface area contributed by atoms with Crippen molar-refractivity contribution in [3.05, 3.63) is 0 Å². The fourth-order valence-electron chi connectivity index (χ4n) is 2.11. The maximum absolute atomic E-state index is 5.75. The molecule has 0 spiro atoms. The zero-order chi connectivity index (χ0) is 10.8. The molecule has 0 aromatic heterocycles. The average molecular weight is 200 g/mol. The average Bonchev–Trinajstić information content (AvgIpc) is 2.15. The van der Waals surface area contributed by atoms with Crippen molar-refractivity contribution in [2.24, 2.45) is 17.3 Å². The highest BCUT2D eigenvalue weighted by Gasteiger charge is 2.35. The molecule has 3 unspecified atom stereocenters. The molecule has 1 aliphatic heterocycles. The number of hydrogen-bond donors (Lipinski definition) is 0. The van der Waals surface area contributed by atoms with Gasteiger partial charge in [-0.05, 0) is 24.2 Å². The predicted octanol–water partition coefficient (Wildman–Crippen LogP) is 3.07. The molecule has 1 rings (SSSR count). The Morgan fingerprint density at radius 1 is 1.36 bits per heavy atom. The van der Waals surface area contributed by atoms with Crippen molar-refractivity contribution < 1.29 is 9.47 Å². The Labute approximate surface area is 88.0 Å². The summed E-state index contributed by atoms with van der Waals surface area (Å²) in [5.41, 5.74) is 0.353. The van der Waals surface area contributed by atoms with Gasteiger partial charge in [0.2, 0.25) is 0 Å². The summed E-state index contributed by atoms with van der Waals surface area (Å²) in [5.74, 6) is 1.23. The third kappa shape index (κ3) is 2.71. The van der Waals surface area contributed by atoms with E-state index in [0.717, 1.165) is 13.0 Å². The Morgan fingerprint density at radius 3 is 2.43 bits per heavy atom. The van der Waals surface area contributed by atoms with Crippen LogP contribution in [0.2, 0.25) is 0 Å². The second-order valence-corrected chi connectivity index (χ2v) is 5.40. The van der Waals surface area contributed by atoms with Crippen LogP contribution in [0.5, 0.6) is 0 Å². The van der Waals surface area contributed by atoms with Crippen LogP contribution in [-0.4, -0.2) is 20.0 Å². The first-order valence-corrected chi connectivity index (χ1v) is 5.63. The number of methoxy groups -OCH3 is 1. The largest absolute Gasteiger partial charge is 0.356 e. The lowest BCUT2D eigenvalue weighted by atomic mass is 9.74. The standard InChI is InChI=1S/C12H24O2/c1-6-9-7-10(12(2,3)4)8-14-11(9)13-5/h9-11H,6-8H2,1-5H3. The zero-order valence-corrected chi connectivity index (χ0v) is 10.2. The molecule has 0 radical (unpaired) electrons. The van der Waals surface area contributed by atoms with Crippen LogP contribution in [0.3, 0.4) is 0 Å². The lowest BCUT2D eigenvalue weighted by molar-refractivity contribution is -0.202. The second-order valence-electron chi connectivity index (χ2n) is 5.40. The van der Waals surface area contributed by atoms with Crippen molar-refractivity contribution in [3.63, 3.8) is 0 Å². The van der Waals surface area contributed by atoms with Gasteiger partial charge in [-0.3, -0.25) is 0 Å². The van der Waals surface area contributed by atoms with E-state index >= 15 is 0 Å². The molecule has 84 valence electrons. The van der Waals surface area contributed by atoms with Crippen molar-refractivity contribution in [3.8, 4) is 0 Å². The second kappa shape index (κ2) is 4.63. The summed E-state index contributed by atoms with van der Waals surface area (Å²) >= 11 is 0. The number of ether oxygens (including phenoxy) is 2. The van der Waals surface area contributed by atoms with Crippen molar-refractivity contribution in [1.82, 2.24) is 0 Å². The fourth-order valence-corrected chi connectivity index (χ4v) is 2.11. The van der Waals surface area contributed by atoms with Gasteiger partial charge in [0.05, 0.1) is 6.61 Å². The molecule has 1 heterocycles. The number of rotatable bonds is 2. The summed E-state index contributed by atoms with van der Waals surface area (Å²) in [4.78, 5) is 0. The van der Waals surface area contributed by atoms with E-state index in [2.05, 4.69) is 27.7 Å². The molecule has 14 heavy (non-hydrogen) atoms. The van der Waals surface area contributed by atoms with Crippen molar-refractivity contribution >= 4 is 0 Å². The smallest absolute Gasteiger partial charge is 0.159 e. The SMILES string of the molecule is CCC1CC(C(C)(C)C)COC1OC. The van der Waals surface area contributed by atoms with E-state index < -0.39 is 0 Å². The van der Waals surface area contributed by atoms with Crippen LogP contribution in [0.4, 0.5) is 0 Å². The Morgan fingerprint density at radius 2 is 2.00 bits per heavy atom. The fraction of sp³-hybridized carbons (Fsp3) is 1.00. The van der Waals surface area contributed by atoms with Crippen LogP contribution < -0.4 is 0 Å². The van der Waals surface area contributed by atoms with Crippen molar-refractivity contribution in [1.29, 1.82) is 0 Å². The molecule has 0 N–H and O–H groups in total. The zero-order valence-electron chi connectivity index (χ0n) is 10.2. The van der Waals surface area contributed by atoms with E-state index in [1.807, 2.05) is 0 Å². The van der Waals surface area contributed by atoms with Gasteiger partial charge in [-0.15, -0.1) is 0 Å². The van der Waals surface area contributed by atoms with Gasteiger partial charge in [0.1, 0.15) is 0 Å². The third-order valence-corrected chi connectivity index (χ3v) is 3.42. The molecular weight excluding hydrogens is 176 g/mol. The highest BCUT2D eigenvalue weighted by molar-refractivity contribution is 4.81. The van der Waals surface area contributed by atoms with Crippen LogP contribution >= 0.6 is 0 Å². The summed E-state index contributed by atoms with van der Waals surface area (Å²) in [6.07, 6.45) is 2.41. The number of hydrogen-bond acceptors (Lipinski definition) is 2. The van der Waals surface area contributed by atoms with Crippen LogP contribution in [0.25, 0.3) is 0 Å². The van der Waals surface area contributed by atoms with Crippen LogP contribution in [0.15, 0.2) is 0 Å². The summed E-state index contributed by atoms with van der Waals surface area (Å²) < 4.78 is 11.1. The molecule has 0 aromatic carbocycles. The predicted molar refractivity (Wildman–Crippen MR) is 58.1 cm³/mol. The minimum atomic E-state index is 0.0265. The van der Waals surface area contributed by atoms with Crippen LogP contribution in [-0.2, 0) is 9.47 Å². The van der Waals surface area contributed by atoms with Gasteiger partial charge in [0, 0.05) is 13.0 Å². The molecule has 0 bridgehead atoms. The lowest BCUT2D eigenvalue weighted by Gasteiger charge is -2.40. The Kier molecular flexibility index (Phi) is 3.96. The van der Waals surface area contributed by atoms with E-state index in [9.17, 15) is 0 Å². The van der Waals surface area contributed by atoms with Gasteiger partial charge < -0.3 is 9.47 Å². The van der Waals surface area contributed by atoms with Gasteiger partial charge in [0.15, 0.2) is 6.29 Å². The van der Waals surface area contributed by atoms with E-state index in [1.54, 1.807) is 7.11 Å². The third-order valence-electron chi connectivity index (χ3n) is 3.42. The molecule has 2 heteroatoms. The Balaban J connectivity index is 2.57. The molecule has 3 atom stereocenters. The van der Waals surface area contributed by atoms with Crippen LogP contribution in [0.1, 0.15) is 40.5 Å². The van der Waals surface area contributed by atoms with Crippen molar-refractivity contribution in [2.45, 2.75) is 46.8 Å². The minimum absolute atomic E-state index is 0.0265. The first-order valence-electron chi connectivity index (χ1n) is 5.63. The van der Waals surface area contributed by atoms with Crippen LogP contribution in [0, 0.1) is 17.3 Å². The Bertz CT molecular complexity index is 172. The van der Waals surface area contributed by atoms with Gasteiger partial charge in [-0.25, -0.2) is 0 Å². The Hall–Kier alpha value is -0.0800. The maximum atomic E-state index is 5.75. The maximum Gasteiger partial charge on any atom is 0.159 e. The highest BCUT2D eigenvalue weighted by atomic mass is 16.7. The van der Waals surface area contributed by atoms with E-state index in [1.165, 1.54) is 6.42 Å². The minimum Gasteiger partial charge on any atom is -0.356 e. The van der Waals surface area contributed by atoms with Gasteiger partial charge in [-0.2, -0.15) is 0 Å². The molecular formula is C12H24O2. The first kappa shape index (κ1) is 12.0. The monoisotopic (exact) mass is 200 g/mol. The first-order chi connectivity index (χ1) is 6.49. The van der Waals surface area contributed by atoms with Crippen molar-refractivity contribution in [2.75, 3.05) is 13.7 Å². The summed E-state index contributed by atoms with van der Waals surface area (Å²) in [6.45, 7) is 9.94. The molecule has 0 saturated carbocycles. The van der Waals surface area contributed by atoms with E-state index in [-0.39, 0.29) is 6.29 Å². The molecule has 0 aliphatic carbocycles. The summed E-state index contributed by atoms with van der Waals surface area (Å²) in [6, 6.07) is 0. The molecule has 0 aromatic rings. The van der Waals surface area contributed by atoms with E-state index in [0.29, 0.717) is 17.3 Å². The van der Waals surface area contributed by atoms with Gasteiger partial charge in [0.25, 0.3) is 0 Å². The van der Waals surface area contributed by atoms with E-state index in [4.69, 9.17) is 9.47 Å². The molecule has 1 fully saturated rings. The lowest BCUT2D eigenvalue weighted by Crippen LogP contribution is -2.40. The normalized spacial score (nSPS) is 34.5. The molecule has 1 saturated heterocycles. The highest BCUT2D eigenvalue weighted by Crippen LogP contribution is 2.37. The van der Waals surface area contributed by atoms with Gasteiger partial charge >= 0.3 is 0 Å². The summed E-state index contributed by atoms with van der Waals surface area (Å²) in [7, 11) is 1.74. The quantitative estimate of drug-likeness (QED) is 0.682. The molecule has 1 aliphatic rings. The van der Waals surface area contributed by atoms with Gasteiger partial charge in [-0.1, -0.05) is 27.7 Å². The molecule has 2 nitrogen and oxygen atoms in total.